The number of para-hydroxylation sites is 1. The lowest BCUT2D eigenvalue weighted by Gasteiger charge is -2.12. The smallest absolute Gasteiger partial charge is 0.137 e. The van der Waals surface area contributed by atoms with E-state index in [2.05, 4.69) is 37.4 Å². The highest BCUT2D eigenvalue weighted by atomic mass is 35.5. The molecule has 0 heterocycles. The molecule has 0 saturated carbocycles. The Bertz CT molecular complexity index is 554. The second kappa shape index (κ2) is 6.48. The molecular weight excluding hydrogens is 258 g/mol. The summed E-state index contributed by atoms with van der Waals surface area (Å²) in [5.74, 6) is 0.729. The second-order valence-corrected chi connectivity index (χ2v) is 4.93. The van der Waals surface area contributed by atoms with Crippen molar-refractivity contribution in [2.75, 3.05) is 18.5 Å². The van der Waals surface area contributed by atoms with Gasteiger partial charge in [0.1, 0.15) is 12.4 Å². The first-order chi connectivity index (χ1) is 9.16. The van der Waals surface area contributed by atoms with Crippen molar-refractivity contribution in [1.29, 1.82) is 0 Å². The average Bonchev–Trinajstić information content (AvgIpc) is 2.40. The van der Waals surface area contributed by atoms with Crippen LogP contribution in [0.25, 0.3) is 0 Å². The summed E-state index contributed by atoms with van der Waals surface area (Å²) in [6.45, 7) is 5.51. The van der Waals surface area contributed by atoms with Crippen molar-refractivity contribution < 1.29 is 4.74 Å². The molecule has 0 bridgehead atoms. The Balaban J connectivity index is 1.84. The molecule has 0 aliphatic rings. The lowest BCUT2D eigenvalue weighted by molar-refractivity contribution is 0.333. The van der Waals surface area contributed by atoms with Crippen LogP contribution in [-0.4, -0.2) is 13.2 Å². The average molecular weight is 276 g/mol. The molecule has 0 aromatic heterocycles. The minimum Gasteiger partial charge on any atom is -0.490 e. The molecule has 0 unspecified atom stereocenters. The Morgan fingerprint density at radius 3 is 2.68 bits per heavy atom. The molecule has 0 fully saturated rings. The lowest BCUT2D eigenvalue weighted by Crippen LogP contribution is -2.12. The van der Waals surface area contributed by atoms with Crippen molar-refractivity contribution >= 4 is 17.3 Å². The molecule has 0 radical (unpaired) electrons. The van der Waals surface area contributed by atoms with Crippen LogP contribution in [0.5, 0.6) is 5.75 Å². The van der Waals surface area contributed by atoms with Crippen LogP contribution >= 0.6 is 11.6 Å². The van der Waals surface area contributed by atoms with Crippen LogP contribution < -0.4 is 10.1 Å². The number of ether oxygens (including phenoxy) is 1. The topological polar surface area (TPSA) is 21.3 Å². The van der Waals surface area contributed by atoms with Gasteiger partial charge in [-0.3, -0.25) is 0 Å². The minimum absolute atomic E-state index is 0.580. The summed E-state index contributed by atoms with van der Waals surface area (Å²) in [6.07, 6.45) is 0. The van der Waals surface area contributed by atoms with Crippen LogP contribution in [0.4, 0.5) is 5.69 Å². The molecular formula is C16H18ClNO. The van der Waals surface area contributed by atoms with Gasteiger partial charge in [-0.2, -0.15) is 0 Å². The standard InChI is InChI=1S/C16H18ClNO/c1-12-7-8-13(2)15(11-12)18-9-10-19-16-6-4-3-5-14(16)17/h3-8,11,18H,9-10H2,1-2H3. The molecule has 2 nitrogen and oxygen atoms in total. The molecule has 0 amide bonds. The molecule has 0 aliphatic carbocycles. The molecule has 2 aromatic carbocycles. The number of rotatable bonds is 5. The number of hydrogen-bond donors (Lipinski definition) is 1. The van der Waals surface area contributed by atoms with E-state index in [1.807, 2.05) is 24.3 Å². The predicted octanol–water partition coefficient (Wildman–Crippen LogP) is 4.45. The summed E-state index contributed by atoms with van der Waals surface area (Å²) >= 11 is 6.02. The third-order valence-corrected chi connectivity index (χ3v) is 3.22. The highest BCUT2D eigenvalue weighted by Crippen LogP contribution is 2.23. The number of anilines is 1. The maximum absolute atomic E-state index is 6.02. The molecule has 0 aliphatic heterocycles. The van der Waals surface area contributed by atoms with Gasteiger partial charge in [0, 0.05) is 12.2 Å². The van der Waals surface area contributed by atoms with Gasteiger partial charge in [-0.15, -0.1) is 0 Å². The Kier molecular flexibility index (Phi) is 4.69. The normalized spacial score (nSPS) is 10.3. The molecule has 3 heteroatoms. The van der Waals surface area contributed by atoms with Crippen LogP contribution in [0.3, 0.4) is 0 Å². The fraction of sp³-hybridized carbons (Fsp3) is 0.250. The summed E-state index contributed by atoms with van der Waals surface area (Å²) in [7, 11) is 0. The van der Waals surface area contributed by atoms with Crippen LogP contribution in [0.1, 0.15) is 11.1 Å². The van der Waals surface area contributed by atoms with E-state index in [9.17, 15) is 0 Å². The zero-order valence-electron chi connectivity index (χ0n) is 11.2. The largest absolute Gasteiger partial charge is 0.490 e. The third kappa shape index (κ3) is 3.90. The monoisotopic (exact) mass is 275 g/mol. The van der Waals surface area contributed by atoms with E-state index in [0.717, 1.165) is 18.0 Å². The van der Waals surface area contributed by atoms with Crippen LogP contribution in [0.15, 0.2) is 42.5 Å². The van der Waals surface area contributed by atoms with Crippen LogP contribution in [-0.2, 0) is 0 Å². The van der Waals surface area contributed by atoms with E-state index >= 15 is 0 Å². The Morgan fingerprint density at radius 2 is 1.89 bits per heavy atom. The third-order valence-electron chi connectivity index (χ3n) is 2.90. The van der Waals surface area contributed by atoms with Gasteiger partial charge in [0.05, 0.1) is 5.02 Å². The highest BCUT2D eigenvalue weighted by molar-refractivity contribution is 6.32. The van der Waals surface area contributed by atoms with Gasteiger partial charge in [0.15, 0.2) is 0 Å². The summed E-state index contributed by atoms with van der Waals surface area (Å²) in [5.41, 5.74) is 3.64. The van der Waals surface area contributed by atoms with E-state index in [0.29, 0.717) is 11.6 Å². The Hall–Kier alpha value is -1.67. The second-order valence-electron chi connectivity index (χ2n) is 4.52. The van der Waals surface area contributed by atoms with Crippen molar-refractivity contribution in [2.45, 2.75) is 13.8 Å². The fourth-order valence-electron chi connectivity index (χ4n) is 1.83. The summed E-state index contributed by atoms with van der Waals surface area (Å²) in [4.78, 5) is 0. The van der Waals surface area contributed by atoms with E-state index in [1.54, 1.807) is 0 Å². The predicted molar refractivity (Wildman–Crippen MR) is 81.4 cm³/mol. The first-order valence-electron chi connectivity index (χ1n) is 6.35. The maximum atomic E-state index is 6.02. The van der Waals surface area contributed by atoms with Gasteiger partial charge in [0.2, 0.25) is 0 Å². The van der Waals surface area contributed by atoms with Gasteiger partial charge in [-0.1, -0.05) is 35.9 Å². The Morgan fingerprint density at radius 1 is 1.11 bits per heavy atom. The number of halogens is 1. The number of hydrogen-bond acceptors (Lipinski definition) is 2. The molecule has 0 saturated heterocycles. The summed E-state index contributed by atoms with van der Waals surface area (Å²) in [5, 5.41) is 4.02. The first-order valence-corrected chi connectivity index (χ1v) is 6.73. The summed E-state index contributed by atoms with van der Waals surface area (Å²) < 4.78 is 5.63. The van der Waals surface area contributed by atoms with Crippen molar-refractivity contribution in [1.82, 2.24) is 0 Å². The van der Waals surface area contributed by atoms with Crippen LogP contribution in [0, 0.1) is 13.8 Å². The summed E-state index contributed by atoms with van der Waals surface area (Å²) in [6, 6.07) is 13.9. The first kappa shape index (κ1) is 13.8. The van der Waals surface area contributed by atoms with Gasteiger partial charge in [-0.05, 0) is 43.2 Å². The number of aryl methyl sites for hydroxylation is 2. The molecule has 100 valence electrons. The zero-order chi connectivity index (χ0) is 13.7. The zero-order valence-corrected chi connectivity index (χ0v) is 12.0. The van der Waals surface area contributed by atoms with Gasteiger partial charge in [-0.25, -0.2) is 0 Å². The highest BCUT2D eigenvalue weighted by Gasteiger charge is 2.00. The molecule has 1 N–H and O–H groups in total. The van der Waals surface area contributed by atoms with Crippen molar-refractivity contribution in [2.24, 2.45) is 0 Å². The van der Waals surface area contributed by atoms with Gasteiger partial charge >= 0.3 is 0 Å². The van der Waals surface area contributed by atoms with Gasteiger partial charge in [0.25, 0.3) is 0 Å². The van der Waals surface area contributed by atoms with E-state index in [1.165, 1.54) is 11.1 Å². The lowest BCUT2D eigenvalue weighted by atomic mass is 10.1. The maximum Gasteiger partial charge on any atom is 0.137 e. The number of benzene rings is 2. The fourth-order valence-corrected chi connectivity index (χ4v) is 2.03. The van der Waals surface area contributed by atoms with Crippen molar-refractivity contribution in [3.8, 4) is 5.75 Å². The number of nitrogens with one attached hydrogen (secondary N) is 1. The molecule has 2 rings (SSSR count). The van der Waals surface area contributed by atoms with Crippen molar-refractivity contribution in [3.05, 3.63) is 58.6 Å². The van der Waals surface area contributed by atoms with E-state index in [-0.39, 0.29) is 0 Å². The molecule has 2 aromatic rings. The molecule has 0 atom stereocenters. The SMILES string of the molecule is Cc1ccc(C)c(NCCOc2ccccc2Cl)c1. The van der Waals surface area contributed by atoms with E-state index < -0.39 is 0 Å². The molecule has 19 heavy (non-hydrogen) atoms. The van der Waals surface area contributed by atoms with Gasteiger partial charge < -0.3 is 10.1 Å². The quantitative estimate of drug-likeness (QED) is 0.814. The van der Waals surface area contributed by atoms with Crippen LogP contribution in [0.2, 0.25) is 5.02 Å². The molecule has 0 spiro atoms. The van der Waals surface area contributed by atoms with Crippen molar-refractivity contribution in [3.63, 3.8) is 0 Å². The minimum atomic E-state index is 0.580. The Labute approximate surface area is 119 Å². The van der Waals surface area contributed by atoms with E-state index in [4.69, 9.17) is 16.3 Å².